The van der Waals surface area contributed by atoms with Gasteiger partial charge in [0.15, 0.2) is 6.10 Å². The van der Waals surface area contributed by atoms with Crippen molar-refractivity contribution < 1.29 is 19.1 Å². The zero-order valence-electron chi connectivity index (χ0n) is 15.1. The van der Waals surface area contributed by atoms with Gasteiger partial charge in [-0.05, 0) is 25.1 Å². The van der Waals surface area contributed by atoms with Crippen LogP contribution in [0.15, 0.2) is 42.5 Å². The summed E-state index contributed by atoms with van der Waals surface area (Å²) in [6, 6.07) is 13.0. The Morgan fingerprint density at radius 3 is 2.77 bits per heavy atom. The lowest BCUT2D eigenvalue weighted by Gasteiger charge is -2.34. The molecule has 2 amide bonds. The molecule has 0 fully saturated rings. The quantitative estimate of drug-likeness (QED) is 0.913. The fourth-order valence-electron chi connectivity index (χ4n) is 3.07. The average molecular weight is 354 g/mol. The standard InChI is InChI=1S/C20H22N2O4/c1-13-8-9-16(25-3)14(10-13)11-19(23)22-12-18(20(24)21-2)26-17-7-5-4-6-15(17)22/h4-10,18H,11-12H2,1-3H3,(H,21,24)/t18-/m0/s1. The van der Waals surface area contributed by atoms with Crippen molar-refractivity contribution in [3.63, 3.8) is 0 Å². The van der Waals surface area contributed by atoms with Gasteiger partial charge in [0, 0.05) is 12.6 Å². The third-order valence-electron chi connectivity index (χ3n) is 4.39. The molecule has 0 unspecified atom stereocenters. The zero-order valence-corrected chi connectivity index (χ0v) is 15.1. The highest BCUT2D eigenvalue weighted by Crippen LogP contribution is 2.34. The predicted molar refractivity (Wildman–Crippen MR) is 98.7 cm³/mol. The Morgan fingerprint density at radius 2 is 2.04 bits per heavy atom. The van der Waals surface area contributed by atoms with Crippen LogP contribution in [0, 0.1) is 6.92 Å². The van der Waals surface area contributed by atoms with E-state index in [0.717, 1.165) is 11.1 Å². The molecule has 3 rings (SSSR count). The highest BCUT2D eigenvalue weighted by molar-refractivity contribution is 5.98. The van der Waals surface area contributed by atoms with Crippen LogP contribution in [-0.2, 0) is 16.0 Å². The second-order valence-electron chi connectivity index (χ2n) is 6.18. The van der Waals surface area contributed by atoms with Gasteiger partial charge in [-0.1, -0.05) is 29.8 Å². The van der Waals surface area contributed by atoms with Crippen LogP contribution in [-0.4, -0.2) is 38.6 Å². The number of likely N-dealkylation sites (N-methyl/N-ethyl adjacent to an activating group) is 1. The Balaban J connectivity index is 1.90. The van der Waals surface area contributed by atoms with E-state index < -0.39 is 6.10 Å². The van der Waals surface area contributed by atoms with E-state index in [4.69, 9.17) is 9.47 Å². The van der Waals surface area contributed by atoms with E-state index in [2.05, 4.69) is 5.32 Å². The number of benzene rings is 2. The normalized spacial score (nSPS) is 15.7. The van der Waals surface area contributed by atoms with Gasteiger partial charge in [0.1, 0.15) is 11.5 Å². The van der Waals surface area contributed by atoms with E-state index in [9.17, 15) is 9.59 Å². The van der Waals surface area contributed by atoms with Crippen molar-refractivity contribution in [2.45, 2.75) is 19.4 Å². The first-order valence-electron chi connectivity index (χ1n) is 8.44. The molecule has 2 aromatic rings. The van der Waals surface area contributed by atoms with Crippen LogP contribution >= 0.6 is 0 Å². The molecule has 2 aromatic carbocycles. The van der Waals surface area contributed by atoms with Crippen molar-refractivity contribution in [2.24, 2.45) is 0 Å². The molecule has 0 radical (unpaired) electrons. The van der Waals surface area contributed by atoms with E-state index in [1.807, 2.05) is 43.3 Å². The molecule has 26 heavy (non-hydrogen) atoms. The first-order valence-corrected chi connectivity index (χ1v) is 8.44. The molecular formula is C20H22N2O4. The minimum absolute atomic E-state index is 0.112. The Labute approximate surface area is 152 Å². The topological polar surface area (TPSA) is 67.9 Å². The number of hydrogen-bond acceptors (Lipinski definition) is 4. The lowest BCUT2D eigenvalue weighted by atomic mass is 10.1. The first kappa shape index (κ1) is 17.8. The maximum atomic E-state index is 13.0. The van der Waals surface area contributed by atoms with Crippen molar-refractivity contribution in [1.82, 2.24) is 5.32 Å². The smallest absolute Gasteiger partial charge is 0.262 e. The van der Waals surface area contributed by atoms with Crippen LogP contribution in [0.4, 0.5) is 5.69 Å². The van der Waals surface area contributed by atoms with Gasteiger partial charge in [-0.25, -0.2) is 0 Å². The van der Waals surface area contributed by atoms with Crippen LogP contribution in [0.2, 0.25) is 0 Å². The van der Waals surface area contributed by atoms with E-state index in [-0.39, 0.29) is 24.8 Å². The Kier molecular flexibility index (Phi) is 5.11. The summed E-state index contributed by atoms with van der Waals surface area (Å²) in [5.74, 6) is 0.828. The lowest BCUT2D eigenvalue weighted by Crippen LogP contribution is -2.50. The Morgan fingerprint density at radius 1 is 1.27 bits per heavy atom. The number of anilines is 1. The van der Waals surface area contributed by atoms with Gasteiger partial charge >= 0.3 is 0 Å². The second-order valence-corrected chi connectivity index (χ2v) is 6.18. The van der Waals surface area contributed by atoms with Crippen LogP contribution in [0.25, 0.3) is 0 Å². The number of para-hydroxylation sites is 2. The van der Waals surface area contributed by atoms with Gasteiger partial charge in [0.25, 0.3) is 5.91 Å². The SMILES string of the molecule is CNC(=O)[C@@H]1CN(C(=O)Cc2cc(C)ccc2OC)c2ccccc2O1. The van der Waals surface area contributed by atoms with Crippen molar-refractivity contribution in [2.75, 3.05) is 25.6 Å². The minimum Gasteiger partial charge on any atom is -0.496 e. The summed E-state index contributed by atoms with van der Waals surface area (Å²) in [6.45, 7) is 2.14. The highest BCUT2D eigenvalue weighted by atomic mass is 16.5. The molecule has 0 aromatic heterocycles. The van der Waals surface area contributed by atoms with E-state index >= 15 is 0 Å². The molecule has 1 aliphatic rings. The molecule has 0 spiro atoms. The summed E-state index contributed by atoms with van der Waals surface area (Å²) in [5, 5.41) is 2.58. The number of ether oxygens (including phenoxy) is 2. The Bertz CT molecular complexity index is 834. The van der Waals surface area contributed by atoms with Gasteiger partial charge in [0.05, 0.1) is 25.8 Å². The number of fused-ring (bicyclic) bond motifs is 1. The van der Waals surface area contributed by atoms with Gasteiger partial charge in [-0.3, -0.25) is 9.59 Å². The van der Waals surface area contributed by atoms with Gasteiger partial charge in [0.2, 0.25) is 5.91 Å². The third-order valence-corrected chi connectivity index (χ3v) is 4.39. The molecule has 1 aliphatic heterocycles. The Hall–Kier alpha value is -3.02. The third kappa shape index (κ3) is 3.49. The highest BCUT2D eigenvalue weighted by Gasteiger charge is 2.33. The van der Waals surface area contributed by atoms with Gasteiger partial charge in [-0.2, -0.15) is 0 Å². The van der Waals surface area contributed by atoms with Gasteiger partial charge in [-0.15, -0.1) is 0 Å². The molecule has 1 N–H and O–H groups in total. The molecule has 1 heterocycles. The maximum absolute atomic E-state index is 13.0. The fraction of sp³-hybridized carbons (Fsp3) is 0.300. The molecule has 6 heteroatoms. The molecule has 0 saturated heterocycles. The van der Waals surface area contributed by atoms with Crippen LogP contribution < -0.4 is 19.7 Å². The van der Waals surface area contributed by atoms with Crippen LogP contribution in [0.5, 0.6) is 11.5 Å². The number of nitrogens with zero attached hydrogens (tertiary/aromatic N) is 1. The van der Waals surface area contributed by atoms with Crippen LogP contribution in [0.1, 0.15) is 11.1 Å². The number of hydrogen-bond donors (Lipinski definition) is 1. The number of methoxy groups -OCH3 is 1. The first-order chi connectivity index (χ1) is 12.5. The molecule has 0 saturated carbocycles. The number of nitrogens with one attached hydrogen (secondary N) is 1. The molecule has 0 bridgehead atoms. The summed E-state index contributed by atoms with van der Waals surface area (Å²) in [7, 11) is 3.14. The summed E-state index contributed by atoms with van der Waals surface area (Å²) in [4.78, 5) is 26.7. The predicted octanol–water partition coefficient (Wildman–Crippen LogP) is 2.09. The average Bonchev–Trinajstić information content (AvgIpc) is 2.66. The van der Waals surface area contributed by atoms with Crippen molar-refractivity contribution in [3.8, 4) is 11.5 Å². The number of aryl methyl sites for hydroxylation is 1. The molecule has 0 aliphatic carbocycles. The maximum Gasteiger partial charge on any atom is 0.262 e. The number of carbonyl (C=O) groups is 2. The summed E-state index contributed by atoms with van der Waals surface area (Å²) >= 11 is 0. The minimum atomic E-state index is -0.738. The van der Waals surface area contributed by atoms with E-state index in [0.29, 0.717) is 17.2 Å². The van der Waals surface area contributed by atoms with Gasteiger partial charge < -0.3 is 19.7 Å². The van der Waals surface area contributed by atoms with E-state index in [1.54, 1.807) is 25.1 Å². The summed E-state index contributed by atoms with van der Waals surface area (Å²) < 4.78 is 11.1. The van der Waals surface area contributed by atoms with Crippen molar-refractivity contribution in [1.29, 1.82) is 0 Å². The summed E-state index contributed by atoms with van der Waals surface area (Å²) in [6.07, 6.45) is -0.558. The number of amides is 2. The number of carbonyl (C=O) groups excluding carboxylic acids is 2. The summed E-state index contributed by atoms with van der Waals surface area (Å²) in [5.41, 5.74) is 2.54. The largest absolute Gasteiger partial charge is 0.496 e. The fourth-order valence-corrected chi connectivity index (χ4v) is 3.07. The van der Waals surface area contributed by atoms with Crippen molar-refractivity contribution in [3.05, 3.63) is 53.6 Å². The molecular weight excluding hydrogens is 332 g/mol. The van der Waals surface area contributed by atoms with E-state index in [1.165, 1.54) is 0 Å². The molecule has 1 atom stereocenters. The molecule has 136 valence electrons. The second kappa shape index (κ2) is 7.47. The van der Waals surface area contributed by atoms with Crippen LogP contribution in [0.3, 0.4) is 0 Å². The lowest BCUT2D eigenvalue weighted by molar-refractivity contribution is -0.127. The number of rotatable bonds is 4. The van der Waals surface area contributed by atoms with Crippen molar-refractivity contribution >= 4 is 17.5 Å². The zero-order chi connectivity index (χ0) is 18.7. The molecule has 6 nitrogen and oxygen atoms in total. The monoisotopic (exact) mass is 354 g/mol.